The number of nitrogens with one attached hydrogen (secondary N) is 2. The molecule has 0 fully saturated rings. The van der Waals surface area contributed by atoms with Crippen molar-refractivity contribution in [1.82, 2.24) is 4.98 Å². The maximum absolute atomic E-state index is 13.7. The number of hydrogen-bond donors (Lipinski definition) is 4. The molecule has 3 aromatic carbocycles. The zero-order valence-electron chi connectivity index (χ0n) is 20.1. The number of aromatic hydroxyl groups is 1. The first-order valence-electron chi connectivity index (χ1n) is 11.3. The number of ether oxygens (including phenoxy) is 2. The lowest BCUT2D eigenvalue weighted by molar-refractivity contribution is -0.114. The second-order valence-electron chi connectivity index (χ2n) is 8.59. The molecule has 5 rings (SSSR count). The minimum atomic E-state index is -0.334. The number of phenolic OH excluding ortho intramolecular Hbond substituents is 1. The zero-order chi connectivity index (χ0) is 25.6. The Morgan fingerprint density at radius 2 is 1.86 bits per heavy atom. The fraction of sp³-hybridized carbons (Fsp3) is 0.231. The summed E-state index contributed by atoms with van der Waals surface area (Å²) in [5.41, 5.74) is 8.51. The molecule has 5 N–H and O–H groups in total. The number of aromatic amines is 1. The highest BCUT2D eigenvalue weighted by molar-refractivity contribution is 6.19. The van der Waals surface area contributed by atoms with E-state index in [9.17, 15) is 14.7 Å². The van der Waals surface area contributed by atoms with Gasteiger partial charge in [-0.15, -0.1) is 24.0 Å². The molecule has 0 radical (unpaired) electrons. The van der Waals surface area contributed by atoms with Crippen LogP contribution in [0.4, 0.5) is 11.4 Å². The first-order valence-corrected chi connectivity index (χ1v) is 11.8. The molecule has 1 aromatic heterocycles. The van der Waals surface area contributed by atoms with Gasteiger partial charge in [-0.05, 0) is 35.2 Å². The second kappa shape index (κ2) is 10.4. The van der Waals surface area contributed by atoms with Crippen molar-refractivity contribution in [2.75, 3.05) is 43.4 Å². The third kappa shape index (κ3) is 4.50. The Balaban J connectivity index is 0.00000320. The minimum Gasteiger partial charge on any atom is -0.507 e. The van der Waals surface area contributed by atoms with Crippen LogP contribution in [0.3, 0.4) is 0 Å². The molecule has 37 heavy (non-hydrogen) atoms. The van der Waals surface area contributed by atoms with Crippen LogP contribution >= 0.6 is 24.0 Å². The topological polar surface area (TPSA) is 130 Å². The Morgan fingerprint density at radius 1 is 1.14 bits per heavy atom. The molecular weight excluding hydrogens is 519 g/mol. The molecule has 1 atom stereocenters. The van der Waals surface area contributed by atoms with Crippen molar-refractivity contribution in [2.24, 2.45) is 5.73 Å². The summed E-state index contributed by atoms with van der Waals surface area (Å²) in [6, 6.07) is 12.2. The van der Waals surface area contributed by atoms with Crippen molar-refractivity contribution in [3.8, 4) is 17.2 Å². The van der Waals surface area contributed by atoms with Crippen molar-refractivity contribution in [3.05, 3.63) is 53.7 Å². The molecule has 1 aliphatic rings. The molecular formula is C26H26Cl2N4O5. The van der Waals surface area contributed by atoms with Crippen LogP contribution < -0.4 is 25.4 Å². The third-order valence-electron chi connectivity index (χ3n) is 6.49. The first-order chi connectivity index (χ1) is 17.4. The molecule has 11 heteroatoms. The summed E-state index contributed by atoms with van der Waals surface area (Å²) >= 11 is 6.33. The number of halogens is 2. The van der Waals surface area contributed by atoms with Gasteiger partial charge < -0.3 is 35.5 Å². The number of rotatable bonds is 6. The van der Waals surface area contributed by atoms with Gasteiger partial charge in [0.15, 0.2) is 11.5 Å². The number of nitrogens with zero attached hydrogens (tertiary/aromatic N) is 1. The number of carbonyl (C=O) groups is 2. The number of benzene rings is 3. The van der Waals surface area contributed by atoms with Gasteiger partial charge in [-0.3, -0.25) is 9.59 Å². The van der Waals surface area contributed by atoms with Crippen LogP contribution in [-0.2, 0) is 4.79 Å². The zero-order valence-corrected chi connectivity index (χ0v) is 21.7. The van der Waals surface area contributed by atoms with E-state index >= 15 is 0 Å². The van der Waals surface area contributed by atoms with E-state index in [1.807, 2.05) is 6.07 Å². The molecule has 2 heterocycles. The molecule has 1 unspecified atom stereocenters. The van der Waals surface area contributed by atoms with Gasteiger partial charge >= 0.3 is 0 Å². The Morgan fingerprint density at radius 3 is 2.54 bits per heavy atom. The largest absolute Gasteiger partial charge is 0.507 e. The van der Waals surface area contributed by atoms with E-state index in [2.05, 4.69) is 10.3 Å². The van der Waals surface area contributed by atoms with Crippen molar-refractivity contribution >= 4 is 68.9 Å². The molecule has 0 saturated carbocycles. The van der Waals surface area contributed by atoms with Crippen LogP contribution in [0.15, 0.2) is 42.5 Å². The monoisotopic (exact) mass is 544 g/mol. The number of amides is 2. The number of carbonyl (C=O) groups excluding carboxylic acids is 2. The van der Waals surface area contributed by atoms with Crippen LogP contribution in [0, 0.1) is 0 Å². The van der Waals surface area contributed by atoms with E-state index in [4.69, 9.17) is 26.8 Å². The normalized spacial score (nSPS) is 14.4. The Bertz CT molecular complexity index is 1480. The summed E-state index contributed by atoms with van der Waals surface area (Å²) in [5, 5.41) is 15.7. The van der Waals surface area contributed by atoms with Gasteiger partial charge in [0.05, 0.1) is 26.5 Å². The van der Waals surface area contributed by atoms with E-state index in [-0.39, 0.29) is 42.4 Å². The maximum Gasteiger partial charge on any atom is 0.274 e. The first kappa shape index (κ1) is 26.4. The average molecular weight is 545 g/mol. The van der Waals surface area contributed by atoms with Crippen molar-refractivity contribution in [3.63, 3.8) is 0 Å². The van der Waals surface area contributed by atoms with Crippen molar-refractivity contribution in [1.29, 1.82) is 0 Å². The molecule has 0 saturated heterocycles. The number of methoxy groups -OCH3 is 2. The van der Waals surface area contributed by atoms with E-state index in [1.54, 1.807) is 55.5 Å². The standard InChI is InChI=1S/C26H25ClN4O5.ClH/c1-35-22-6-13-5-19(30-18(13)8-23(22)36-2)26(34)31-12-14(10-27)25-16-4-3-15(29-24(33)11-28)7-17(16)21(32)9-20(25)31;/h3-9,14,30,32H,10-12,28H2,1-2H3,(H,29,33);1H. The SMILES string of the molecule is COc1cc2cc(C(=O)N3CC(CCl)c4c3cc(O)c3cc(NC(=O)CN)ccc43)[nH]c2cc1OC.Cl. The smallest absolute Gasteiger partial charge is 0.274 e. The van der Waals surface area contributed by atoms with Gasteiger partial charge in [0.25, 0.3) is 5.91 Å². The highest BCUT2D eigenvalue weighted by Crippen LogP contribution is 2.46. The molecule has 0 spiro atoms. The van der Waals surface area contributed by atoms with Gasteiger partial charge in [0.2, 0.25) is 5.91 Å². The quantitative estimate of drug-likeness (QED) is 0.267. The highest BCUT2D eigenvalue weighted by Gasteiger charge is 2.35. The molecule has 4 aromatic rings. The van der Waals surface area contributed by atoms with Crippen LogP contribution in [0.2, 0.25) is 0 Å². The summed E-state index contributed by atoms with van der Waals surface area (Å²) in [5.74, 6) is 0.689. The Hall–Kier alpha value is -3.66. The van der Waals surface area contributed by atoms with Crippen LogP contribution in [0.25, 0.3) is 21.7 Å². The fourth-order valence-corrected chi connectivity index (χ4v) is 5.06. The number of alkyl halides is 1. The predicted molar refractivity (Wildman–Crippen MR) is 147 cm³/mol. The molecule has 194 valence electrons. The average Bonchev–Trinajstić information content (AvgIpc) is 3.48. The van der Waals surface area contributed by atoms with E-state index in [0.717, 1.165) is 21.9 Å². The van der Waals surface area contributed by atoms with E-state index < -0.39 is 0 Å². The summed E-state index contributed by atoms with van der Waals surface area (Å²) in [4.78, 5) is 30.2. The summed E-state index contributed by atoms with van der Waals surface area (Å²) in [7, 11) is 3.11. The summed E-state index contributed by atoms with van der Waals surface area (Å²) < 4.78 is 10.7. The minimum absolute atomic E-state index is 0. The number of hydrogen-bond acceptors (Lipinski definition) is 6. The van der Waals surface area contributed by atoms with Crippen LogP contribution in [0.5, 0.6) is 17.2 Å². The summed E-state index contributed by atoms with van der Waals surface area (Å²) in [6.45, 7) is 0.219. The van der Waals surface area contributed by atoms with Gasteiger partial charge in [-0.25, -0.2) is 0 Å². The molecule has 0 aliphatic carbocycles. The molecule has 0 bridgehead atoms. The van der Waals surface area contributed by atoms with Gasteiger partial charge in [0, 0.05) is 52.5 Å². The van der Waals surface area contributed by atoms with Crippen LogP contribution in [-0.4, -0.2) is 55.1 Å². The number of H-pyrrole nitrogens is 1. The maximum atomic E-state index is 13.7. The summed E-state index contributed by atoms with van der Waals surface area (Å²) in [6.07, 6.45) is 0. The number of aromatic nitrogens is 1. The molecule has 2 amide bonds. The number of fused-ring (bicyclic) bond motifs is 4. The van der Waals surface area contributed by atoms with Gasteiger partial charge in [-0.2, -0.15) is 0 Å². The lowest BCUT2D eigenvalue weighted by atomic mass is 9.95. The number of phenols is 1. The predicted octanol–water partition coefficient (Wildman–Crippen LogP) is 4.35. The van der Waals surface area contributed by atoms with Crippen LogP contribution in [0.1, 0.15) is 22.0 Å². The third-order valence-corrected chi connectivity index (χ3v) is 6.87. The lowest BCUT2D eigenvalue weighted by Crippen LogP contribution is -2.30. The Labute approximate surface area is 223 Å². The number of anilines is 2. The van der Waals surface area contributed by atoms with E-state index in [1.165, 1.54) is 0 Å². The van der Waals surface area contributed by atoms with Gasteiger partial charge in [-0.1, -0.05) is 6.07 Å². The number of nitrogens with two attached hydrogens (primary N) is 1. The fourth-order valence-electron chi connectivity index (χ4n) is 4.80. The molecule has 9 nitrogen and oxygen atoms in total. The van der Waals surface area contributed by atoms with Crippen molar-refractivity contribution < 1.29 is 24.2 Å². The molecule has 1 aliphatic heterocycles. The van der Waals surface area contributed by atoms with E-state index in [0.29, 0.717) is 46.4 Å². The highest BCUT2D eigenvalue weighted by atomic mass is 35.5. The second-order valence-corrected chi connectivity index (χ2v) is 8.89. The van der Waals surface area contributed by atoms with Crippen molar-refractivity contribution in [2.45, 2.75) is 5.92 Å². The Kier molecular flexibility index (Phi) is 7.40. The van der Waals surface area contributed by atoms with Gasteiger partial charge in [0.1, 0.15) is 11.4 Å². The lowest BCUT2D eigenvalue weighted by Gasteiger charge is -2.18.